The van der Waals surface area contributed by atoms with Crippen molar-refractivity contribution in [2.45, 2.75) is 88.8 Å². The van der Waals surface area contributed by atoms with E-state index in [9.17, 15) is 9.90 Å². The number of piperidine rings is 1. The molecule has 1 N–H and O–H groups in total. The molecular weight excluding hydrogens is 350 g/mol. The zero-order valence-corrected chi connectivity index (χ0v) is 17.6. The first-order valence-electron chi connectivity index (χ1n) is 11.0. The molecule has 4 rings (SSSR count). The molecule has 0 spiro atoms. The molecular formula is C24H35NO3. The Morgan fingerprint density at radius 2 is 1.89 bits per heavy atom. The lowest BCUT2D eigenvalue weighted by Crippen LogP contribution is -2.51. The van der Waals surface area contributed by atoms with E-state index in [0.717, 1.165) is 38.5 Å². The van der Waals surface area contributed by atoms with Crippen LogP contribution in [-0.2, 0) is 14.9 Å². The van der Waals surface area contributed by atoms with E-state index < -0.39 is 0 Å². The van der Waals surface area contributed by atoms with E-state index in [1.165, 1.54) is 11.1 Å². The van der Waals surface area contributed by atoms with Gasteiger partial charge in [-0.25, -0.2) is 0 Å². The minimum Gasteiger partial charge on any atom is -0.396 e. The molecule has 1 aromatic rings. The van der Waals surface area contributed by atoms with E-state index in [1.807, 2.05) is 0 Å². The number of carbonyl (C=O) groups excluding carboxylic acids is 1. The number of amides is 1. The molecule has 2 bridgehead atoms. The van der Waals surface area contributed by atoms with Crippen molar-refractivity contribution in [1.82, 2.24) is 4.90 Å². The van der Waals surface area contributed by atoms with Crippen LogP contribution in [0, 0.1) is 12.8 Å². The van der Waals surface area contributed by atoms with Gasteiger partial charge in [0.1, 0.15) is 0 Å². The Kier molecular flexibility index (Phi) is 5.30. The number of aliphatic hydroxyl groups excluding tert-OH is 1. The predicted octanol–water partition coefficient (Wildman–Crippen LogP) is 3.97. The van der Waals surface area contributed by atoms with Crippen LogP contribution in [0.3, 0.4) is 0 Å². The number of benzene rings is 1. The highest BCUT2D eigenvalue weighted by molar-refractivity contribution is 5.79. The number of rotatable bonds is 4. The molecule has 3 aliphatic heterocycles. The van der Waals surface area contributed by atoms with E-state index in [0.29, 0.717) is 36.9 Å². The van der Waals surface area contributed by atoms with E-state index in [-0.39, 0.29) is 17.6 Å². The first-order valence-corrected chi connectivity index (χ1v) is 11.0. The number of nitrogens with zero attached hydrogens (tertiary/aromatic N) is 1. The van der Waals surface area contributed by atoms with Crippen LogP contribution in [0.4, 0.5) is 0 Å². The van der Waals surface area contributed by atoms with Crippen LogP contribution in [0.1, 0.15) is 69.9 Å². The molecule has 0 saturated carbocycles. The SMILES string of the molecule is Cc1ccccc1C1(CC(=O)N2[C@@H]3CC[C@H]2CC(CO)C3)CCOC(C)(C)C1. The summed E-state index contributed by atoms with van der Waals surface area (Å²) in [6.07, 6.45) is 6.46. The van der Waals surface area contributed by atoms with E-state index in [1.54, 1.807) is 0 Å². The first kappa shape index (κ1) is 19.9. The van der Waals surface area contributed by atoms with E-state index in [2.05, 4.69) is 49.9 Å². The Hall–Kier alpha value is -1.39. The average molecular weight is 386 g/mol. The summed E-state index contributed by atoms with van der Waals surface area (Å²) >= 11 is 0. The lowest BCUT2D eigenvalue weighted by atomic mass is 9.66. The van der Waals surface area contributed by atoms with Crippen LogP contribution >= 0.6 is 0 Å². The molecule has 4 nitrogen and oxygen atoms in total. The maximum Gasteiger partial charge on any atom is 0.223 e. The van der Waals surface area contributed by atoms with Crippen LogP contribution in [-0.4, -0.2) is 46.8 Å². The summed E-state index contributed by atoms with van der Waals surface area (Å²) in [4.78, 5) is 15.8. The van der Waals surface area contributed by atoms with Gasteiger partial charge in [-0.1, -0.05) is 24.3 Å². The molecule has 154 valence electrons. The van der Waals surface area contributed by atoms with Gasteiger partial charge in [0.15, 0.2) is 0 Å². The molecule has 1 amide bonds. The van der Waals surface area contributed by atoms with Crippen molar-refractivity contribution in [3.05, 3.63) is 35.4 Å². The van der Waals surface area contributed by atoms with Gasteiger partial charge < -0.3 is 14.7 Å². The Morgan fingerprint density at radius 1 is 1.21 bits per heavy atom. The van der Waals surface area contributed by atoms with Gasteiger partial charge in [0.2, 0.25) is 5.91 Å². The standard InChI is InChI=1S/C24H35NO3/c1-17-6-4-5-7-21(17)24(10-11-28-23(2,3)16-24)14-22(27)25-19-8-9-20(25)13-18(12-19)15-26/h4-7,18-20,26H,8-16H2,1-3H3/t18?,19-,20+,24?. The Morgan fingerprint density at radius 3 is 2.50 bits per heavy atom. The van der Waals surface area contributed by atoms with Crippen molar-refractivity contribution in [3.63, 3.8) is 0 Å². The van der Waals surface area contributed by atoms with Crippen molar-refractivity contribution in [2.75, 3.05) is 13.2 Å². The van der Waals surface area contributed by atoms with Crippen molar-refractivity contribution in [1.29, 1.82) is 0 Å². The first-order chi connectivity index (χ1) is 13.3. The lowest BCUT2D eigenvalue weighted by Gasteiger charge is -2.47. The minimum atomic E-state index is -0.219. The van der Waals surface area contributed by atoms with Gasteiger partial charge in [-0.05, 0) is 76.3 Å². The summed E-state index contributed by atoms with van der Waals surface area (Å²) in [5.74, 6) is 0.679. The summed E-state index contributed by atoms with van der Waals surface area (Å²) in [6, 6.07) is 9.22. The number of carbonyl (C=O) groups is 1. The van der Waals surface area contributed by atoms with Crippen molar-refractivity contribution in [2.24, 2.45) is 5.92 Å². The maximum absolute atomic E-state index is 13.6. The molecule has 3 saturated heterocycles. The highest BCUT2D eigenvalue weighted by Crippen LogP contribution is 2.47. The van der Waals surface area contributed by atoms with Crippen LogP contribution in [0.5, 0.6) is 0 Å². The maximum atomic E-state index is 13.6. The second kappa shape index (κ2) is 7.46. The molecule has 0 aliphatic carbocycles. The van der Waals surface area contributed by atoms with Gasteiger partial charge in [-0.15, -0.1) is 0 Å². The summed E-state index contributed by atoms with van der Waals surface area (Å²) in [5.41, 5.74) is 2.22. The molecule has 28 heavy (non-hydrogen) atoms. The third kappa shape index (κ3) is 3.61. The van der Waals surface area contributed by atoms with Gasteiger partial charge >= 0.3 is 0 Å². The highest BCUT2D eigenvalue weighted by atomic mass is 16.5. The van der Waals surface area contributed by atoms with Crippen LogP contribution in [0.25, 0.3) is 0 Å². The smallest absolute Gasteiger partial charge is 0.223 e. The summed E-state index contributed by atoms with van der Waals surface area (Å²) in [7, 11) is 0. The zero-order chi connectivity index (χ0) is 19.9. The number of aliphatic hydroxyl groups is 1. The third-order valence-corrected chi connectivity index (χ3v) is 7.42. The van der Waals surface area contributed by atoms with Gasteiger partial charge in [0, 0.05) is 37.1 Å². The molecule has 2 unspecified atom stereocenters. The second-order valence-corrected chi connectivity index (χ2v) is 10.0. The van der Waals surface area contributed by atoms with Crippen LogP contribution in [0.2, 0.25) is 0 Å². The molecule has 0 aromatic heterocycles. The van der Waals surface area contributed by atoms with Crippen LogP contribution < -0.4 is 0 Å². The summed E-state index contributed by atoms with van der Waals surface area (Å²) < 4.78 is 6.04. The molecule has 1 aromatic carbocycles. The average Bonchev–Trinajstić information content (AvgIpc) is 2.91. The quantitative estimate of drug-likeness (QED) is 0.853. The van der Waals surface area contributed by atoms with Gasteiger partial charge in [-0.2, -0.15) is 0 Å². The molecule has 4 atom stereocenters. The molecule has 0 radical (unpaired) electrons. The van der Waals surface area contributed by atoms with Gasteiger partial charge in [0.05, 0.1) is 5.60 Å². The van der Waals surface area contributed by atoms with Crippen LogP contribution in [0.15, 0.2) is 24.3 Å². The van der Waals surface area contributed by atoms with E-state index in [4.69, 9.17) is 4.74 Å². The Labute approximate surface area is 169 Å². The van der Waals surface area contributed by atoms with Crippen molar-refractivity contribution in [3.8, 4) is 0 Å². The fourth-order valence-corrected chi connectivity index (χ4v) is 6.35. The number of ether oxygens (including phenoxy) is 1. The zero-order valence-electron chi connectivity index (χ0n) is 17.6. The molecule has 4 heteroatoms. The molecule has 3 aliphatic rings. The van der Waals surface area contributed by atoms with Gasteiger partial charge in [0.25, 0.3) is 0 Å². The lowest BCUT2D eigenvalue weighted by molar-refractivity contribution is -0.141. The van der Waals surface area contributed by atoms with E-state index >= 15 is 0 Å². The highest BCUT2D eigenvalue weighted by Gasteiger charge is 2.48. The summed E-state index contributed by atoms with van der Waals surface area (Å²) in [5, 5.41) is 9.60. The number of aryl methyl sites for hydroxylation is 1. The molecule has 3 fully saturated rings. The fraction of sp³-hybridized carbons (Fsp3) is 0.708. The monoisotopic (exact) mass is 385 g/mol. The van der Waals surface area contributed by atoms with Crippen molar-refractivity contribution >= 4 is 5.91 Å². The summed E-state index contributed by atoms with van der Waals surface area (Å²) in [6.45, 7) is 7.43. The topological polar surface area (TPSA) is 49.8 Å². The largest absolute Gasteiger partial charge is 0.396 e. The Bertz CT molecular complexity index is 716. The molecule has 3 heterocycles. The minimum absolute atomic E-state index is 0.155. The number of hydrogen-bond donors (Lipinski definition) is 1. The third-order valence-electron chi connectivity index (χ3n) is 7.42. The Balaban J connectivity index is 1.62. The number of hydrogen-bond acceptors (Lipinski definition) is 3. The predicted molar refractivity (Wildman–Crippen MR) is 110 cm³/mol. The number of fused-ring (bicyclic) bond motifs is 2. The second-order valence-electron chi connectivity index (χ2n) is 10.0. The van der Waals surface area contributed by atoms with Crippen molar-refractivity contribution < 1.29 is 14.6 Å². The van der Waals surface area contributed by atoms with Gasteiger partial charge in [-0.3, -0.25) is 4.79 Å². The fourth-order valence-electron chi connectivity index (χ4n) is 6.35. The normalized spacial score (nSPS) is 34.4.